The van der Waals surface area contributed by atoms with Gasteiger partial charge in [0.1, 0.15) is 0 Å². The Morgan fingerprint density at radius 1 is 1.31 bits per heavy atom. The van der Waals surface area contributed by atoms with E-state index in [-0.39, 0.29) is 6.10 Å². The quantitative estimate of drug-likeness (QED) is 0.847. The SMILES string of the molecule is CCOC(C)CNCc1c(Cl)cccc1Cl. The van der Waals surface area contributed by atoms with Gasteiger partial charge in [-0.1, -0.05) is 29.3 Å². The third-order valence-corrected chi connectivity index (χ3v) is 2.95. The average Bonchev–Trinajstić information content (AvgIpc) is 2.23. The number of hydrogen-bond donors (Lipinski definition) is 1. The average molecular weight is 262 g/mol. The Hall–Kier alpha value is -0.280. The summed E-state index contributed by atoms with van der Waals surface area (Å²) in [5, 5.41) is 4.67. The second-order valence-electron chi connectivity index (χ2n) is 3.60. The molecule has 0 aliphatic heterocycles. The molecule has 0 aliphatic rings. The molecule has 0 aromatic heterocycles. The van der Waals surface area contributed by atoms with Crippen molar-refractivity contribution in [3.8, 4) is 0 Å². The molecule has 1 unspecified atom stereocenters. The van der Waals surface area contributed by atoms with Gasteiger partial charge in [-0.3, -0.25) is 0 Å². The molecule has 1 rings (SSSR count). The van der Waals surface area contributed by atoms with Gasteiger partial charge in [0.2, 0.25) is 0 Å². The van der Waals surface area contributed by atoms with Crippen LogP contribution in [0.5, 0.6) is 0 Å². The normalized spacial score (nSPS) is 12.8. The minimum Gasteiger partial charge on any atom is -0.377 e. The first-order chi connectivity index (χ1) is 7.65. The van der Waals surface area contributed by atoms with Crippen molar-refractivity contribution in [3.05, 3.63) is 33.8 Å². The summed E-state index contributed by atoms with van der Waals surface area (Å²) in [5.41, 5.74) is 0.939. The van der Waals surface area contributed by atoms with E-state index in [0.29, 0.717) is 16.6 Å². The molecule has 90 valence electrons. The van der Waals surface area contributed by atoms with E-state index in [2.05, 4.69) is 5.32 Å². The molecule has 1 N–H and O–H groups in total. The molecular weight excluding hydrogens is 245 g/mol. The Morgan fingerprint density at radius 3 is 2.50 bits per heavy atom. The lowest BCUT2D eigenvalue weighted by atomic mass is 10.2. The molecule has 0 saturated heterocycles. The van der Waals surface area contributed by atoms with Crippen molar-refractivity contribution in [2.75, 3.05) is 13.2 Å². The fourth-order valence-corrected chi connectivity index (χ4v) is 1.98. The summed E-state index contributed by atoms with van der Waals surface area (Å²) in [6, 6.07) is 5.53. The van der Waals surface area contributed by atoms with Gasteiger partial charge in [-0.25, -0.2) is 0 Å². The summed E-state index contributed by atoms with van der Waals surface area (Å²) in [5.74, 6) is 0. The van der Waals surface area contributed by atoms with Crippen LogP contribution >= 0.6 is 23.2 Å². The van der Waals surface area contributed by atoms with Gasteiger partial charge in [0.05, 0.1) is 6.10 Å². The van der Waals surface area contributed by atoms with Crippen LogP contribution < -0.4 is 5.32 Å². The maximum absolute atomic E-state index is 6.05. The molecule has 4 heteroatoms. The van der Waals surface area contributed by atoms with Crippen LogP contribution in [-0.2, 0) is 11.3 Å². The number of halogens is 2. The van der Waals surface area contributed by atoms with Gasteiger partial charge in [0.15, 0.2) is 0 Å². The van der Waals surface area contributed by atoms with Gasteiger partial charge in [-0.2, -0.15) is 0 Å². The smallest absolute Gasteiger partial charge is 0.0671 e. The number of hydrogen-bond acceptors (Lipinski definition) is 2. The summed E-state index contributed by atoms with van der Waals surface area (Å²) in [6.07, 6.45) is 0.200. The molecule has 1 aromatic rings. The molecule has 1 atom stereocenters. The van der Waals surface area contributed by atoms with Crippen LogP contribution in [-0.4, -0.2) is 19.3 Å². The lowest BCUT2D eigenvalue weighted by molar-refractivity contribution is 0.0759. The topological polar surface area (TPSA) is 21.3 Å². The van der Waals surface area contributed by atoms with Crippen LogP contribution in [0.1, 0.15) is 19.4 Å². The van der Waals surface area contributed by atoms with Crippen LogP contribution in [0.15, 0.2) is 18.2 Å². The van der Waals surface area contributed by atoms with Gasteiger partial charge in [0, 0.05) is 35.3 Å². The summed E-state index contributed by atoms with van der Waals surface area (Å²) in [7, 11) is 0. The summed E-state index contributed by atoms with van der Waals surface area (Å²) < 4.78 is 5.41. The molecule has 0 aliphatic carbocycles. The Morgan fingerprint density at radius 2 is 1.94 bits per heavy atom. The first-order valence-corrected chi connectivity index (χ1v) is 6.16. The Balaban J connectivity index is 2.43. The molecule has 0 fully saturated rings. The lowest BCUT2D eigenvalue weighted by Crippen LogP contribution is -2.26. The predicted molar refractivity (Wildman–Crippen MR) is 69.3 cm³/mol. The van der Waals surface area contributed by atoms with E-state index in [1.54, 1.807) is 0 Å². The van der Waals surface area contributed by atoms with Crippen molar-refractivity contribution in [1.82, 2.24) is 5.32 Å². The highest BCUT2D eigenvalue weighted by Gasteiger charge is 2.06. The van der Waals surface area contributed by atoms with Crippen molar-refractivity contribution in [2.45, 2.75) is 26.5 Å². The van der Waals surface area contributed by atoms with E-state index in [4.69, 9.17) is 27.9 Å². The van der Waals surface area contributed by atoms with Crippen molar-refractivity contribution in [2.24, 2.45) is 0 Å². The van der Waals surface area contributed by atoms with E-state index in [1.807, 2.05) is 32.0 Å². The molecule has 1 aromatic carbocycles. The van der Waals surface area contributed by atoms with Crippen LogP contribution in [0.25, 0.3) is 0 Å². The van der Waals surface area contributed by atoms with Crippen molar-refractivity contribution >= 4 is 23.2 Å². The number of ether oxygens (including phenoxy) is 1. The standard InChI is InChI=1S/C12H17Cl2NO/c1-3-16-9(2)7-15-8-10-11(13)5-4-6-12(10)14/h4-6,9,15H,3,7-8H2,1-2H3. The molecule has 16 heavy (non-hydrogen) atoms. The fraction of sp³-hybridized carbons (Fsp3) is 0.500. The predicted octanol–water partition coefficient (Wildman–Crippen LogP) is 3.51. The van der Waals surface area contributed by atoms with Crippen LogP contribution in [0.2, 0.25) is 10.0 Å². The summed E-state index contributed by atoms with van der Waals surface area (Å²) in [6.45, 7) is 6.20. The van der Waals surface area contributed by atoms with Crippen LogP contribution in [0.4, 0.5) is 0 Å². The molecular formula is C12H17Cl2NO. The van der Waals surface area contributed by atoms with Gasteiger partial charge in [-0.05, 0) is 26.0 Å². The van der Waals surface area contributed by atoms with Crippen molar-refractivity contribution in [1.29, 1.82) is 0 Å². The van der Waals surface area contributed by atoms with E-state index >= 15 is 0 Å². The Labute approximate surface area is 107 Å². The van der Waals surface area contributed by atoms with Gasteiger partial charge < -0.3 is 10.1 Å². The third-order valence-electron chi connectivity index (χ3n) is 2.25. The maximum Gasteiger partial charge on any atom is 0.0671 e. The van der Waals surface area contributed by atoms with Crippen molar-refractivity contribution < 1.29 is 4.74 Å². The first-order valence-electron chi connectivity index (χ1n) is 5.40. The summed E-state index contributed by atoms with van der Waals surface area (Å²) >= 11 is 12.1. The van der Waals surface area contributed by atoms with Crippen molar-refractivity contribution in [3.63, 3.8) is 0 Å². The zero-order valence-corrected chi connectivity index (χ0v) is 11.1. The molecule has 0 amide bonds. The number of rotatable bonds is 6. The zero-order chi connectivity index (χ0) is 12.0. The maximum atomic E-state index is 6.05. The number of benzene rings is 1. The van der Waals surface area contributed by atoms with Gasteiger partial charge in [-0.15, -0.1) is 0 Å². The highest BCUT2D eigenvalue weighted by molar-refractivity contribution is 6.35. The molecule has 2 nitrogen and oxygen atoms in total. The fourth-order valence-electron chi connectivity index (χ4n) is 1.45. The highest BCUT2D eigenvalue weighted by Crippen LogP contribution is 2.23. The minimum absolute atomic E-state index is 0.200. The first kappa shape index (κ1) is 13.8. The van der Waals surface area contributed by atoms with E-state index in [1.165, 1.54) is 0 Å². The van der Waals surface area contributed by atoms with Gasteiger partial charge in [0.25, 0.3) is 0 Å². The Kier molecular flexibility index (Phi) is 6.14. The molecule has 0 heterocycles. The lowest BCUT2D eigenvalue weighted by Gasteiger charge is -2.13. The molecule has 0 radical (unpaired) electrons. The Bertz CT molecular complexity index is 311. The monoisotopic (exact) mass is 261 g/mol. The van der Waals surface area contributed by atoms with Crippen LogP contribution in [0, 0.1) is 0 Å². The zero-order valence-electron chi connectivity index (χ0n) is 9.59. The third kappa shape index (κ3) is 4.30. The molecule has 0 saturated carbocycles. The van der Waals surface area contributed by atoms with Crippen LogP contribution in [0.3, 0.4) is 0 Å². The summed E-state index contributed by atoms with van der Waals surface area (Å²) in [4.78, 5) is 0. The molecule has 0 spiro atoms. The largest absolute Gasteiger partial charge is 0.377 e. The van der Waals surface area contributed by atoms with E-state index in [0.717, 1.165) is 18.7 Å². The second-order valence-corrected chi connectivity index (χ2v) is 4.41. The van der Waals surface area contributed by atoms with E-state index in [9.17, 15) is 0 Å². The van der Waals surface area contributed by atoms with Gasteiger partial charge >= 0.3 is 0 Å². The minimum atomic E-state index is 0.200. The number of nitrogens with one attached hydrogen (secondary N) is 1. The second kappa shape index (κ2) is 7.13. The van der Waals surface area contributed by atoms with E-state index < -0.39 is 0 Å². The highest BCUT2D eigenvalue weighted by atomic mass is 35.5. The molecule has 0 bridgehead atoms.